The van der Waals surface area contributed by atoms with Gasteiger partial charge >= 0.3 is 0 Å². The third kappa shape index (κ3) is 2.79. The molecule has 1 aromatic carbocycles. The van der Waals surface area contributed by atoms with Crippen LogP contribution in [0.4, 0.5) is 17.2 Å². The Kier molecular flexibility index (Phi) is 3.91. The Bertz CT molecular complexity index is 592. The molecule has 0 bridgehead atoms. The van der Waals surface area contributed by atoms with Crippen molar-refractivity contribution in [3.63, 3.8) is 0 Å². The van der Waals surface area contributed by atoms with Gasteiger partial charge in [0.2, 0.25) is 5.88 Å². The van der Waals surface area contributed by atoms with E-state index in [1.54, 1.807) is 25.3 Å². The number of nitrogens with two attached hydrogens (primary N) is 1. The molecule has 0 aliphatic carbocycles. The van der Waals surface area contributed by atoms with Crippen molar-refractivity contribution in [3.8, 4) is 11.6 Å². The van der Waals surface area contributed by atoms with Crippen molar-refractivity contribution in [2.45, 2.75) is 0 Å². The Morgan fingerprint density at radius 2 is 2.00 bits per heavy atom. The van der Waals surface area contributed by atoms with E-state index in [2.05, 4.69) is 15.3 Å². The van der Waals surface area contributed by atoms with Crippen LogP contribution in [0.15, 0.2) is 24.5 Å². The molecule has 2 aromatic rings. The van der Waals surface area contributed by atoms with Gasteiger partial charge in [-0.3, -0.25) is 0 Å². The summed E-state index contributed by atoms with van der Waals surface area (Å²) < 4.78 is 10.2. The molecule has 0 fully saturated rings. The Hall–Kier alpha value is -2.21. The van der Waals surface area contributed by atoms with E-state index in [1.165, 1.54) is 13.4 Å². The normalized spacial score (nSPS) is 10.1. The fourth-order valence-electron chi connectivity index (χ4n) is 1.50. The molecule has 0 unspecified atom stereocenters. The number of nitrogens with one attached hydrogen (secondary N) is 1. The van der Waals surface area contributed by atoms with Crippen LogP contribution in [-0.4, -0.2) is 24.2 Å². The van der Waals surface area contributed by atoms with Crippen molar-refractivity contribution in [1.82, 2.24) is 9.97 Å². The average Bonchev–Trinajstić information content (AvgIpc) is 2.43. The number of benzene rings is 1. The van der Waals surface area contributed by atoms with Gasteiger partial charge in [-0.2, -0.15) is 4.98 Å². The van der Waals surface area contributed by atoms with Crippen LogP contribution >= 0.6 is 11.6 Å². The molecule has 0 aliphatic heterocycles. The van der Waals surface area contributed by atoms with E-state index >= 15 is 0 Å². The van der Waals surface area contributed by atoms with Crippen molar-refractivity contribution >= 4 is 28.8 Å². The molecule has 19 heavy (non-hydrogen) atoms. The molecule has 7 heteroatoms. The van der Waals surface area contributed by atoms with E-state index in [9.17, 15) is 0 Å². The van der Waals surface area contributed by atoms with Gasteiger partial charge in [0.25, 0.3) is 0 Å². The quantitative estimate of drug-likeness (QED) is 0.895. The number of anilines is 3. The van der Waals surface area contributed by atoms with Crippen LogP contribution in [0.2, 0.25) is 5.02 Å². The highest BCUT2D eigenvalue weighted by molar-refractivity contribution is 6.33. The van der Waals surface area contributed by atoms with Crippen LogP contribution in [0, 0.1) is 0 Å². The first-order valence-electron chi connectivity index (χ1n) is 5.40. The number of methoxy groups -OCH3 is 2. The number of nitrogens with zero attached hydrogens (tertiary/aromatic N) is 2. The molecule has 0 saturated carbocycles. The Morgan fingerprint density at radius 1 is 1.21 bits per heavy atom. The molecule has 6 nitrogen and oxygen atoms in total. The number of rotatable bonds is 4. The molecule has 100 valence electrons. The van der Waals surface area contributed by atoms with Gasteiger partial charge < -0.3 is 20.5 Å². The summed E-state index contributed by atoms with van der Waals surface area (Å²) in [6.45, 7) is 0. The summed E-state index contributed by atoms with van der Waals surface area (Å²) >= 11 is 6.10. The maximum atomic E-state index is 6.10. The summed E-state index contributed by atoms with van der Waals surface area (Å²) in [6.07, 6.45) is 1.35. The number of hydrogen-bond donors (Lipinski definition) is 2. The molecule has 0 aliphatic rings. The van der Waals surface area contributed by atoms with Gasteiger partial charge in [0.05, 0.1) is 24.9 Å². The van der Waals surface area contributed by atoms with Crippen LogP contribution < -0.4 is 20.5 Å². The highest BCUT2D eigenvalue weighted by Crippen LogP contribution is 2.32. The molecule has 1 heterocycles. The zero-order chi connectivity index (χ0) is 13.8. The Labute approximate surface area is 115 Å². The molecule has 1 aromatic heterocycles. The number of ether oxygens (including phenoxy) is 2. The summed E-state index contributed by atoms with van der Waals surface area (Å²) in [5, 5.41) is 3.55. The van der Waals surface area contributed by atoms with E-state index in [-0.39, 0.29) is 0 Å². The summed E-state index contributed by atoms with van der Waals surface area (Å²) in [4.78, 5) is 7.95. The third-order valence-corrected chi connectivity index (χ3v) is 2.80. The minimum Gasteiger partial charge on any atom is -0.497 e. The predicted molar refractivity (Wildman–Crippen MR) is 74.3 cm³/mol. The van der Waals surface area contributed by atoms with Crippen LogP contribution in [-0.2, 0) is 0 Å². The van der Waals surface area contributed by atoms with Gasteiger partial charge in [-0.25, -0.2) is 4.98 Å². The van der Waals surface area contributed by atoms with Crippen molar-refractivity contribution in [2.24, 2.45) is 0 Å². The number of halogens is 1. The van der Waals surface area contributed by atoms with Gasteiger partial charge in [-0.15, -0.1) is 0 Å². The van der Waals surface area contributed by atoms with Gasteiger partial charge in [-0.1, -0.05) is 11.6 Å². The number of aromatic nitrogens is 2. The lowest BCUT2D eigenvalue weighted by Gasteiger charge is -2.12. The first-order valence-corrected chi connectivity index (χ1v) is 5.78. The minimum absolute atomic E-state index is 0.302. The van der Waals surface area contributed by atoms with Gasteiger partial charge in [0.15, 0.2) is 5.82 Å². The van der Waals surface area contributed by atoms with Gasteiger partial charge in [0, 0.05) is 6.07 Å². The molecule has 0 amide bonds. The fourth-order valence-corrected chi connectivity index (χ4v) is 1.66. The fraction of sp³-hybridized carbons (Fsp3) is 0.167. The lowest BCUT2D eigenvalue weighted by Crippen LogP contribution is -2.03. The zero-order valence-corrected chi connectivity index (χ0v) is 11.2. The highest BCUT2D eigenvalue weighted by Gasteiger charge is 2.10. The highest BCUT2D eigenvalue weighted by atomic mass is 35.5. The lowest BCUT2D eigenvalue weighted by atomic mass is 10.3. The zero-order valence-electron chi connectivity index (χ0n) is 10.5. The molecular weight excluding hydrogens is 268 g/mol. The van der Waals surface area contributed by atoms with Crippen molar-refractivity contribution in [2.75, 3.05) is 25.3 Å². The third-order valence-electron chi connectivity index (χ3n) is 2.47. The molecule has 0 saturated heterocycles. The van der Waals surface area contributed by atoms with Gasteiger partial charge in [0.1, 0.15) is 17.8 Å². The van der Waals surface area contributed by atoms with Crippen molar-refractivity contribution in [1.29, 1.82) is 0 Å². The van der Waals surface area contributed by atoms with Crippen LogP contribution in [0.25, 0.3) is 0 Å². The average molecular weight is 281 g/mol. The Morgan fingerprint density at radius 3 is 2.68 bits per heavy atom. The van der Waals surface area contributed by atoms with Crippen molar-refractivity contribution in [3.05, 3.63) is 29.5 Å². The second-order valence-corrected chi connectivity index (χ2v) is 4.02. The van der Waals surface area contributed by atoms with E-state index in [4.69, 9.17) is 26.8 Å². The summed E-state index contributed by atoms with van der Waals surface area (Å²) in [6, 6.07) is 5.23. The molecule has 2 rings (SSSR count). The SMILES string of the molecule is COc1ccc(Cl)c(Nc2ncnc(OC)c2N)c1. The summed E-state index contributed by atoms with van der Waals surface area (Å²) in [5.74, 6) is 1.39. The second kappa shape index (κ2) is 5.62. The number of nitrogen functional groups attached to an aromatic ring is 1. The van der Waals surface area contributed by atoms with E-state index in [1.807, 2.05) is 0 Å². The topological polar surface area (TPSA) is 82.3 Å². The first kappa shape index (κ1) is 13.2. The van der Waals surface area contributed by atoms with E-state index < -0.39 is 0 Å². The first-order chi connectivity index (χ1) is 9.15. The maximum Gasteiger partial charge on any atom is 0.242 e. The largest absolute Gasteiger partial charge is 0.497 e. The molecule has 0 radical (unpaired) electrons. The predicted octanol–water partition coefficient (Wildman–Crippen LogP) is 2.47. The minimum atomic E-state index is 0.302. The van der Waals surface area contributed by atoms with E-state index in [0.717, 1.165) is 0 Å². The Balaban J connectivity index is 2.36. The van der Waals surface area contributed by atoms with E-state index in [0.29, 0.717) is 33.8 Å². The molecule has 0 atom stereocenters. The van der Waals surface area contributed by atoms with Crippen molar-refractivity contribution < 1.29 is 9.47 Å². The molecule has 3 N–H and O–H groups in total. The lowest BCUT2D eigenvalue weighted by molar-refractivity contribution is 0.399. The molecular formula is C12H13ClN4O2. The smallest absolute Gasteiger partial charge is 0.242 e. The van der Waals surface area contributed by atoms with Crippen LogP contribution in [0.1, 0.15) is 0 Å². The second-order valence-electron chi connectivity index (χ2n) is 3.62. The standard InChI is InChI=1S/C12H13ClN4O2/c1-18-7-3-4-8(13)9(5-7)17-11-10(14)12(19-2)16-6-15-11/h3-6H,14H2,1-2H3,(H,15,16,17). The summed E-state index contributed by atoms with van der Waals surface area (Å²) in [7, 11) is 3.07. The number of hydrogen-bond acceptors (Lipinski definition) is 6. The monoisotopic (exact) mass is 280 g/mol. The van der Waals surface area contributed by atoms with Crippen LogP contribution in [0.5, 0.6) is 11.6 Å². The summed E-state index contributed by atoms with van der Waals surface area (Å²) in [5.41, 5.74) is 6.82. The molecule has 0 spiro atoms. The van der Waals surface area contributed by atoms with Crippen LogP contribution in [0.3, 0.4) is 0 Å². The maximum absolute atomic E-state index is 6.10. The van der Waals surface area contributed by atoms with Gasteiger partial charge in [-0.05, 0) is 12.1 Å².